The number of nitrogens with two attached hydrogens (primary N) is 1. The Hall–Kier alpha value is -1.64. The highest BCUT2D eigenvalue weighted by molar-refractivity contribution is 5.75. The van der Waals surface area contributed by atoms with Crippen molar-refractivity contribution in [3.05, 3.63) is 11.9 Å². The van der Waals surface area contributed by atoms with Crippen molar-refractivity contribution < 1.29 is 18.0 Å². The van der Waals surface area contributed by atoms with Crippen LogP contribution in [0.5, 0.6) is 0 Å². The third-order valence-corrected chi connectivity index (χ3v) is 2.06. The lowest BCUT2D eigenvalue weighted by atomic mass is 10.3. The van der Waals surface area contributed by atoms with Crippen LogP contribution in [0.1, 0.15) is 18.5 Å². The molecule has 0 fully saturated rings. The highest BCUT2D eigenvalue weighted by Gasteiger charge is 2.25. The monoisotopic (exact) mass is 265 g/mol. The number of carbonyl (C=O) groups is 1. The zero-order valence-electron chi connectivity index (χ0n) is 9.57. The first-order valence-corrected chi connectivity index (χ1v) is 5.33. The fraction of sp³-hybridized carbons (Fsp3) is 0.667. The van der Waals surface area contributed by atoms with E-state index in [0.717, 1.165) is 0 Å². The van der Waals surface area contributed by atoms with Crippen molar-refractivity contribution in [2.45, 2.75) is 32.1 Å². The summed E-state index contributed by atoms with van der Waals surface area (Å²) in [6.45, 7) is 0.114. The van der Waals surface area contributed by atoms with Gasteiger partial charge in [0.2, 0.25) is 5.91 Å². The van der Waals surface area contributed by atoms with E-state index in [1.165, 1.54) is 10.9 Å². The first-order chi connectivity index (χ1) is 8.40. The average Bonchev–Trinajstić information content (AvgIpc) is 2.71. The molecule has 1 heterocycles. The molecule has 0 aliphatic heterocycles. The van der Waals surface area contributed by atoms with Crippen LogP contribution in [0.15, 0.2) is 6.20 Å². The van der Waals surface area contributed by atoms with Crippen LogP contribution < -0.4 is 11.1 Å². The van der Waals surface area contributed by atoms with Crippen LogP contribution >= 0.6 is 0 Å². The Morgan fingerprint density at radius 3 is 2.78 bits per heavy atom. The molecule has 0 saturated heterocycles. The van der Waals surface area contributed by atoms with Crippen LogP contribution in [-0.2, 0) is 17.9 Å². The second-order valence-electron chi connectivity index (χ2n) is 3.68. The van der Waals surface area contributed by atoms with Crippen LogP contribution in [0.4, 0.5) is 13.2 Å². The van der Waals surface area contributed by atoms with E-state index in [1.54, 1.807) is 0 Å². The number of hydrogen-bond donors (Lipinski definition) is 2. The molecule has 0 atom stereocenters. The van der Waals surface area contributed by atoms with Gasteiger partial charge in [-0.15, -0.1) is 5.10 Å². The number of alkyl halides is 3. The Balaban J connectivity index is 2.21. The van der Waals surface area contributed by atoms with Crippen LogP contribution in [0.3, 0.4) is 0 Å². The first kappa shape index (κ1) is 14.4. The molecule has 1 aromatic heterocycles. The van der Waals surface area contributed by atoms with E-state index in [9.17, 15) is 18.0 Å². The average molecular weight is 265 g/mol. The van der Waals surface area contributed by atoms with E-state index >= 15 is 0 Å². The summed E-state index contributed by atoms with van der Waals surface area (Å²) in [5.74, 6) is -0.411. The summed E-state index contributed by atoms with van der Waals surface area (Å²) in [7, 11) is 0. The molecule has 3 N–H and O–H groups in total. The minimum Gasteiger partial charge on any atom is -0.354 e. The fourth-order valence-corrected chi connectivity index (χ4v) is 1.23. The van der Waals surface area contributed by atoms with Crippen molar-refractivity contribution in [1.29, 1.82) is 0 Å². The summed E-state index contributed by atoms with van der Waals surface area (Å²) < 4.78 is 36.7. The molecular weight excluding hydrogens is 251 g/mol. The van der Waals surface area contributed by atoms with Gasteiger partial charge in [-0.2, -0.15) is 13.2 Å². The minimum absolute atomic E-state index is 0.0171. The Morgan fingerprint density at radius 1 is 1.50 bits per heavy atom. The predicted octanol–water partition coefficient (Wildman–Crippen LogP) is 0.195. The van der Waals surface area contributed by atoms with Gasteiger partial charge in [0.05, 0.1) is 11.9 Å². The molecule has 0 unspecified atom stereocenters. The number of aromatic nitrogens is 3. The van der Waals surface area contributed by atoms with E-state index in [1.807, 2.05) is 0 Å². The molecule has 1 amide bonds. The molecule has 0 bridgehead atoms. The number of carbonyl (C=O) groups excluding carboxylic acids is 1. The van der Waals surface area contributed by atoms with E-state index < -0.39 is 18.5 Å². The molecule has 0 aliphatic carbocycles. The minimum atomic E-state index is -4.19. The Labute approximate surface area is 101 Å². The van der Waals surface area contributed by atoms with Gasteiger partial charge in [0.25, 0.3) is 0 Å². The quantitative estimate of drug-likeness (QED) is 0.719. The fourth-order valence-electron chi connectivity index (χ4n) is 1.23. The standard InChI is InChI=1S/C9H14F3N5O/c10-9(11,12)2-1-3-14-8(18)6-17-5-7(4-13)15-16-17/h5H,1-4,6,13H2,(H,14,18). The van der Waals surface area contributed by atoms with E-state index in [4.69, 9.17) is 5.73 Å². The van der Waals surface area contributed by atoms with Gasteiger partial charge >= 0.3 is 6.18 Å². The molecule has 0 aliphatic rings. The van der Waals surface area contributed by atoms with Gasteiger partial charge in [0.1, 0.15) is 6.54 Å². The summed E-state index contributed by atoms with van der Waals surface area (Å²) in [5.41, 5.74) is 5.85. The topological polar surface area (TPSA) is 85.8 Å². The number of halogens is 3. The zero-order chi connectivity index (χ0) is 13.6. The first-order valence-electron chi connectivity index (χ1n) is 5.33. The molecule has 0 saturated carbocycles. The normalized spacial score (nSPS) is 11.6. The maximum atomic E-state index is 11.8. The molecule has 9 heteroatoms. The Kier molecular flexibility index (Phi) is 5.08. The van der Waals surface area contributed by atoms with Crippen molar-refractivity contribution >= 4 is 5.91 Å². The van der Waals surface area contributed by atoms with Crippen molar-refractivity contribution in [2.24, 2.45) is 5.73 Å². The van der Waals surface area contributed by atoms with Gasteiger partial charge in [-0.1, -0.05) is 5.21 Å². The second kappa shape index (κ2) is 6.34. The van der Waals surface area contributed by atoms with Crippen molar-refractivity contribution in [3.63, 3.8) is 0 Å². The lowest BCUT2D eigenvalue weighted by Gasteiger charge is -2.07. The van der Waals surface area contributed by atoms with E-state index in [0.29, 0.717) is 5.69 Å². The van der Waals surface area contributed by atoms with E-state index in [-0.39, 0.29) is 26.1 Å². The molecule has 0 radical (unpaired) electrons. The van der Waals surface area contributed by atoms with Gasteiger partial charge in [0, 0.05) is 19.5 Å². The summed E-state index contributed by atoms with van der Waals surface area (Å²) >= 11 is 0. The number of amides is 1. The summed E-state index contributed by atoms with van der Waals surface area (Å²) in [4.78, 5) is 11.3. The highest BCUT2D eigenvalue weighted by Crippen LogP contribution is 2.20. The van der Waals surface area contributed by atoms with E-state index in [2.05, 4.69) is 15.6 Å². The van der Waals surface area contributed by atoms with Crippen LogP contribution in [0.2, 0.25) is 0 Å². The summed E-state index contributed by atoms with van der Waals surface area (Å²) in [5, 5.41) is 9.69. The van der Waals surface area contributed by atoms with Crippen LogP contribution in [0, 0.1) is 0 Å². The van der Waals surface area contributed by atoms with Gasteiger partial charge < -0.3 is 11.1 Å². The summed E-state index contributed by atoms with van der Waals surface area (Å²) in [6, 6.07) is 0. The number of rotatable bonds is 6. The highest BCUT2D eigenvalue weighted by atomic mass is 19.4. The number of nitrogens with one attached hydrogen (secondary N) is 1. The number of hydrogen-bond acceptors (Lipinski definition) is 4. The third-order valence-electron chi connectivity index (χ3n) is 2.06. The molecular formula is C9H14F3N5O. The zero-order valence-corrected chi connectivity index (χ0v) is 9.57. The maximum Gasteiger partial charge on any atom is 0.389 e. The van der Waals surface area contributed by atoms with Gasteiger partial charge in [0.15, 0.2) is 0 Å². The molecule has 1 rings (SSSR count). The summed E-state index contributed by atoms with van der Waals surface area (Å²) in [6.07, 6.45) is -3.73. The Morgan fingerprint density at radius 2 is 2.22 bits per heavy atom. The SMILES string of the molecule is NCc1cn(CC(=O)NCCCC(F)(F)F)nn1. The van der Waals surface area contributed by atoms with Gasteiger partial charge in [-0.05, 0) is 6.42 Å². The lowest BCUT2D eigenvalue weighted by molar-refractivity contribution is -0.136. The smallest absolute Gasteiger partial charge is 0.354 e. The number of nitrogens with zero attached hydrogens (tertiary/aromatic N) is 3. The molecule has 6 nitrogen and oxygen atoms in total. The lowest BCUT2D eigenvalue weighted by Crippen LogP contribution is -2.29. The molecule has 102 valence electrons. The maximum absolute atomic E-state index is 11.8. The third kappa shape index (κ3) is 5.62. The van der Waals surface area contributed by atoms with Gasteiger partial charge in [-0.3, -0.25) is 4.79 Å². The Bertz CT molecular complexity index is 390. The molecule has 0 spiro atoms. The van der Waals surface area contributed by atoms with Crippen LogP contribution in [-0.4, -0.2) is 33.6 Å². The van der Waals surface area contributed by atoms with Crippen molar-refractivity contribution in [2.75, 3.05) is 6.54 Å². The molecule has 0 aromatic carbocycles. The second-order valence-corrected chi connectivity index (χ2v) is 3.68. The van der Waals surface area contributed by atoms with Crippen molar-refractivity contribution in [1.82, 2.24) is 20.3 Å². The van der Waals surface area contributed by atoms with Gasteiger partial charge in [-0.25, -0.2) is 4.68 Å². The van der Waals surface area contributed by atoms with Crippen molar-refractivity contribution in [3.8, 4) is 0 Å². The largest absolute Gasteiger partial charge is 0.389 e. The molecule has 18 heavy (non-hydrogen) atoms. The molecule has 1 aromatic rings. The van der Waals surface area contributed by atoms with Crippen LogP contribution in [0.25, 0.3) is 0 Å². The predicted molar refractivity (Wildman–Crippen MR) is 56.2 cm³/mol.